The molecule has 3 aromatic rings. The van der Waals surface area contributed by atoms with Crippen molar-refractivity contribution < 1.29 is 9.18 Å². The number of nitrogens with one attached hydrogen (secondary N) is 2. The smallest absolute Gasteiger partial charge is 0.274 e. The van der Waals surface area contributed by atoms with Gasteiger partial charge in [-0.3, -0.25) is 4.79 Å². The van der Waals surface area contributed by atoms with Gasteiger partial charge in [-0.2, -0.15) is 0 Å². The predicted molar refractivity (Wildman–Crippen MR) is 91.1 cm³/mol. The Hall–Kier alpha value is -2.99. The van der Waals surface area contributed by atoms with Crippen LogP contribution in [0.5, 0.6) is 0 Å². The first-order valence-electron chi connectivity index (χ1n) is 7.03. The van der Waals surface area contributed by atoms with Gasteiger partial charge in [-0.15, -0.1) is 0 Å². The maximum absolute atomic E-state index is 13.2. The molecule has 0 aliphatic heterocycles. The molecule has 2 aromatic carbocycles. The SMILES string of the molecule is O=C(Nc1cccc(Cl)c1)c1ccnc(Nc2cccc(F)c2)n1. The van der Waals surface area contributed by atoms with E-state index in [2.05, 4.69) is 20.6 Å². The summed E-state index contributed by atoms with van der Waals surface area (Å²) in [5.41, 5.74) is 1.22. The summed E-state index contributed by atoms with van der Waals surface area (Å²) >= 11 is 5.89. The Labute approximate surface area is 142 Å². The van der Waals surface area contributed by atoms with Crippen molar-refractivity contribution in [2.75, 3.05) is 10.6 Å². The Morgan fingerprint density at radius 1 is 1.04 bits per heavy atom. The lowest BCUT2D eigenvalue weighted by Gasteiger charge is -2.07. The molecule has 0 unspecified atom stereocenters. The first-order chi connectivity index (χ1) is 11.6. The van der Waals surface area contributed by atoms with Crippen LogP contribution in [-0.4, -0.2) is 15.9 Å². The van der Waals surface area contributed by atoms with Crippen LogP contribution in [-0.2, 0) is 0 Å². The van der Waals surface area contributed by atoms with E-state index in [-0.39, 0.29) is 17.5 Å². The second-order valence-corrected chi connectivity index (χ2v) is 5.30. The van der Waals surface area contributed by atoms with Crippen molar-refractivity contribution in [1.82, 2.24) is 9.97 Å². The van der Waals surface area contributed by atoms with Crippen molar-refractivity contribution in [2.24, 2.45) is 0 Å². The summed E-state index contributed by atoms with van der Waals surface area (Å²) in [5.74, 6) is -0.587. The molecule has 1 amide bonds. The third kappa shape index (κ3) is 4.05. The van der Waals surface area contributed by atoms with E-state index < -0.39 is 5.91 Å². The van der Waals surface area contributed by atoms with Crippen molar-refractivity contribution >= 4 is 34.8 Å². The lowest BCUT2D eigenvalue weighted by atomic mass is 10.3. The number of benzene rings is 2. The minimum atomic E-state index is -0.401. The number of amides is 1. The first kappa shape index (κ1) is 15.9. The molecule has 0 aliphatic rings. The van der Waals surface area contributed by atoms with Crippen LogP contribution in [0, 0.1) is 5.82 Å². The highest BCUT2D eigenvalue weighted by Gasteiger charge is 2.10. The van der Waals surface area contributed by atoms with Gasteiger partial charge in [0.2, 0.25) is 5.95 Å². The fraction of sp³-hybridized carbons (Fsp3) is 0. The maximum atomic E-state index is 13.2. The summed E-state index contributed by atoms with van der Waals surface area (Å²) < 4.78 is 13.2. The summed E-state index contributed by atoms with van der Waals surface area (Å²) in [6.07, 6.45) is 1.45. The molecule has 2 N–H and O–H groups in total. The number of anilines is 3. The van der Waals surface area contributed by atoms with Crippen molar-refractivity contribution in [3.63, 3.8) is 0 Å². The number of halogens is 2. The molecular formula is C17H12ClFN4O. The van der Waals surface area contributed by atoms with E-state index in [4.69, 9.17) is 11.6 Å². The normalized spacial score (nSPS) is 10.2. The van der Waals surface area contributed by atoms with Gasteiger partial charge in [0, 0.05) is 22.6 Å². The Balaban J connectivity index is 1.76. The molecule has 120 valence electrons. The topological polar surface area (TPSA) is 66.9 Å². The molecule has 24 heavy (non-hydrogen) atoms. The van der Waals surface area contributed by atoms with Gasteiger partial charge in [0.25, 0.3) is 5.91 Å². The maximum Gasteiger partial charge on any atom is 0.274 e. The Morgan fingerprint density at radius 3 is 2.62 bits per heavy atom. The van der Waals surface area contributed by atoms with Crippen LogP contribution in [0.4, 0.5) is 21.7 Å². The highest BCUT2D eigenvalue weighted by atomic mass is 35.5. The number of carbonyl (C=O) groups excluding carboxylic acids is 1. The minimum Gasteiger partial charge on any atom is -0.324 e. The van der Waals surface area contributed by atoms with Crippen LogP contribution in [0.25, 0.3) is 0 Å². The Morgan fingerprint density at radius 2 is 1.83 bits per heavy atom. The van der Waals surface area contributed by atoms with E-state index in [0.717, 1.165) is 0 Å². The molecule has 0 radical (unpaired) electrons. The summed E-state index contributed by atoms with van der Waals surface area (Å²) in [6.45, 7) is 0. The number of carbonyl (C=O) groups is 1. The van der Waals surface area contributed by atoms with Crippen LogP contribution >= 0.6 is 11.6 Å². The average molecular weight is 343 g/mol. The second-order valence-electron chi connectivity index (χ2n) is 4.87. The number of rotatable bonds is 4. The minimum absolute atomic E-state index is 0.170. The molecule has 0 saturated heterocycles. The van der Waals surface area contributed by atoms with Crippen LogP contribution in [0.1, 0.15) is 10.5 Å². The predicted octanol–water partition coefficient (Wildman–Crippen LogP) is 4.27. The molecule has 0 fully saturated rings. The van der Waals surface area contributed by atoms with Crippen molar-refractivity contribution in [3.05, 3.63) is 77.3 Å². The van der Waals surface area contributed by atoms with Crippen molar-refractivity contribution in [3.8, 4) is 0 Å². The van der Waals surface area contributed by atoms with Crippen LogP contribution in [0.3, 0.4) is 0 Å². The number of aromatic nitrogens is 2. The second kappa shape index (κ2) is 7.06. The zero-order chi connectivity index (χ0) is 16.9. The van der Waals surface area contributed by atoms with Gasteiger partial charge in [0.1, 0.15) is 11.5 Å². The third-order valence-electron chi connectivity index (χ3n) is 3.05. The Bertz CT molecular complexity index is 888. The van der Waals surface area contributed by atoms with E-state index >= 15 is 0 Å². The van der Waals surface area contributed by atoms with Gasteiger partial charge in [0.15, 0.2) is 0 Å². The summed E-state index contributed by atoms with van der Waals surface area (Å²) in [6, 6.07) is 14.2. The lowest BCUT2D eigenvalue weighted by Crippen LogP contribution is -2.14. The van der Waals surface area contributed by atoms with E-state index in [9.17, 15) is 9.18 Å². The lowest BCUT2D eigenvalue weighted by molar-refractivity contribution is 0.102. The summed E-state index contributed by atoms with van der Waals surface area (Å²) in [5, 5.41) is 6.06. The molecular weight excluding hydrogens is 331 g/mol. The van der Waals surface area contributed by atoms with E-state index in [1.165, 1.54) is 24.4 Å². The van der Waals surface area contributed by atoms with Crippen molar-refractivity contribution in [1.29, 1.82) is 0 Å². The monoisotopic (exact) mass is 342 g/mol. The largest absolute Gasteiger partial charge is 0.324 e. The number of hydrogen-bond acceptors (Lipinski definition) is 4. The van der Waals surface area contributed by atoms with Crippen LogP contribution in [0.2, 0.25) is 5.02 Å². The van der Waals surface area contributed by atoms with Gasteiger partial charge in [-0.1, -0.05) is 23.7 Å². The molecule has 0 atom stereocenters. The molecule has 5 nitrogen and oxygen atoms in total. The fourth-order valence-corrected chi connectivity index (χ4v) is 2.19. The molecule has 0 bridgehead atoms. The molecule has 0 spiro atoms. The van der Waals surface area contributed by atoms with Crippen LogP contribution < -0.4 is 10.6 Å². The standard InChI is InChI=1S/C17H12ClFN4O/c18-11-3-1-5-13(9-11)21-16(24)15-7-8-20-17(23-15)22-14-6-2-4-12(19)10-14/h1-10H,(H,21,24)(H,20,22,23). The van der Waals surface area contributed by atoms with Gasteiger partial charge in [-0.25, -0.2) is 14.4 Å². The molecule has 0 aliphatic carbocycles. The van der Waals surface area contributed by atoms with E-state index in [1.807, 2.05) is 0 Å². The van der Waals surface area contributed by atoms with Crippen molar-refractivity contribution in [2.45, 2.75) is 0 Å². The summed E-state index contributed by atoms with van der Waals surface area (Å²) in [4.78, 5) is 20.4. The highest BCUT2D eigenvalue weighted by Crippen LogP contribution is 2.17. The van der Waals surface area contributed by atoms with Gasteiger partial charge >= 0.3 is 0 Å². The Kier molecular flexibility index (Phi) is 4.67. The molecule has 3 rings (SSSR count). The summed E-state index contributed by atoms with van der Waals surface area (Å²) in [7, 11) is 0. The molecule has 1 heterocycles. The van der Waals surface area contributed by atoms with E-state index in [1.54, 1.807) is 36.4 Å². The molecule has 7 heteroatoms. The van der Waals surface area contributed by atoms with Crippen LogP contribution in [0.15, 0.2) is 60.8 Å². The number of nitrogens with zero attached hydrogens (tertiary/aromatic N) is 2. The highest BCUT2D eigenvalue weighted by molar-refractivity contribution is 6.30. The zero-order valence-electron chi connectivity index (χ0n) is 12.3. The molecule has 1 aromatic heterocycles. The van der Waals surface area contributed by atoms with Gasteiger partial charge in [0.05, 0.1) is 0 Å². The van der Waals surface area contributed by atoms with Gasteiger partial charge < -0.3 is 10.6 Å². The average Bonchev–Trinajstić information content (AvgIpc) is 2.55. The fourth-order valence-electron chi connectivity index (χ4n) is 2.00. The van der Waals surface area contributed by atoms with E-state index in [0.29, 0.717) is 16.4 Å². The zero-order valence-corrected chi connectivity index (χ0v) is 13.1. The molecule has 0 saturated carbocycles. The first-order valence-corrected chi connectivity index (χ1v) is 7.40. The quantitative estimate of drug-likeness (QED) is 0.743. The third-order valence-corrected chi connectivity index (χ3v) is 3.29. The number of hydrogen-bond donors (Lipinski definition) is 2. The van der Waals surface area contributed by atoms with Gasteiger partial charge in [-0.05, 0) is 42.5 Å².